The quantitative estimate of drug-likeness (QED) is 0.889. The zero-order chi connectivity index (χ0) is 14.5. The maximum Gasteiger partial charge on any atom is 0.279 e. The summed E-state index contributed by atoms with van der Waals surface area (Å²) in [6.45, 7) is 0.952. The van der Waals surface area contributed by atoms with Crippen molar-refractivity contribution in [3.8, 4) is 0 Å². The Kier molecular flexibility index (Phi) is 5.06. The first-order valence-electron chi connectivity index (χ1n) is 6.14. The standard InChI is InChI=1S/C14H14Cl2N2O2/c1-18(8-10-4-3-7-20-10)9-13(19)17-12-6-2-5-11(15)14(12)16/h2-7H,8-9H2,1H3,(H,17,19)/p+1. The van der Waals surface area contributed by atoms with Gasteiger partial charge in [-0.1, -0.05) is 29.3 Å². The van der Waals surface area contributed by atoms with Crippen molar-refractivity contribution in [2.75, 3.05) is 18.9 Å². The number of carbonyl (C=O) groups excluding carboxylic acids is 1. The number of nitrogens with one attached hydrogen (secondary N) is 2. The molecule has 0 fully saturated rings. The molecular weight excluding hydrogens is 299 g/mol. The van der Waals surface area contributed by atoms with Gasteiger partial charge in [-0.05, 0) is 24.3 Å². The molecule has 0 bridgehead atoms. The van der Waals surface area contributed by atoms with Gasteiger partial charge < -0.3 is 14.6 Å². The third-order valence-corrected chi connectivity index (χ3v) is 3.56. The minimum atomic E-state index is -0.127. The molecule has 2 N–H and O–H groups in total. The maximum atomic E-state index is 12.0. The normalized spacial score (nSPS) is 12.2. The van der Waals surface area contributed by atoms with E-state index < -0.39 is 0 Å². The molecule has 0 saturated heterocycles. The molecule has 0 radical (unpaired) electrons. The van der Waals surface area contributed by atoms with Crippen molar-refractivity contribution in [2.24, 2.45) is 0 Å². The highest BCUT2D eigenvalue weighted by molar-refractivity contribution is 6.43. The maximum absolute atomic E-state index is 12.0. The summed E-state index contributed by atoms with van der Waals surface area (Å²) in [5.41, 5.74) is 0.523. The van der Waals surface area contributed by atoms with Crippen LogP contribution < -0.4 is 10.2 Å². The van der Waals surface area contributed by atoms with Crippen LogP contribution in [0.5, 0.6) is 0 Å². The van der Waals surface area contributed by atoms with Crippen LogP contribution in [0.1, 0.15) is 5.76 Å². The topological polar surface area (TPSA) is 46.7 Å². The average molecular weight is 314 g/mol. The van der Waals surface area contributed by atoms with Crippen molar-refractivity contribution in [1.82, 2.24) is 0 Å². The first kappa shape index (κ1) is 14.9. The molecule has 0 aliphatic rings. The molecule has 6 heteroatoms. The van der Waals surface area contributed by atoms with Crippen LogP contribution in [0.4, 0.5) is 5.69 Å². The van der Waals surface area contributed by atoms with Gasteiger partial charge in [0.15, 0.2) is 12.3 Å². The van der Waals surface area contributed by atoms with Gasteiger partial charge in [-0.3, -0.25) is 4.79 Å². The second-order valence-corrected chi connectivity index (χ2v) is 5.32. The largest absolute Gasteiger partial charge is 0.463 e. The fourth-order valence-electron chi connectivity index (χ4n) is 1.84. The number of quaternary nitrogens is 1. The van der Waals surface area contributed by atoms with E-state index in [0.717, 1.165) is 10.7 Å². The molecule has 0 aliphatic carbocycles. The summed E-state index contributed by atoms with van der Waals surface area (Å²) in [4.78, 5) is 13.0. The first-order chi connectivity index (χ1) is 9.56. The molecule has 2 rings (SSSR count). The van der Waals surface area contributed by atoms with Crippen molar-refractivity contribution in [2.45, 2.75) is 6.54 Å². The van der Waals surface area contributed by atoms with Crippen molar-refractivity contribution in [3.63, 3.8) is 0 Å². The Labute approximate surface area is 127 Å². The number of halogens is 2. The molecule has 4 nitrogen and oxygen atoms in total. The Balaban J connectivity index is 1.90. The van der Waals surface area contributed by atoms with E-state index in [1.54, 1.807) is 24.5 Å². The highest BCUT2D eigenvalue weighted by Gasteiger charge is 2.14. The average Bonchev–Trinajstić information content (AvgIpc) is 2.87. The Morgan fingerprint density at radius 1 is 1.30 bits per heavy atom. The molecule has 0 aliphatic heterocycles. The number of furan rings is 1. The number of hydrogen-bond donors (Lipinski definition) is 2. The number of carbonyl (C=O) groups is 1. The van der Waals surface area contributed by atoms with E-state index >= 15 is 0 Å². The van der Waals surface area contributed by atoms with Gasteiger partial charge in [-0.2, -0.15) is 0 Å². The van der Waals surface area contributed by atoms with E-state index in [4.69, 9.17) is 27.6 Å². The molecular formula is C14H15Cl2N2O2+. The van der Waals surface area contributed by atoms with Crippen molar-refractivity contribution < 1.29 is 14.1 Å². The summed E-state index contributed by atoms with van der Waals surface area (Å²) in [6.07, 6.45) is 1.62. The lowest BCUT2D eigenvalue weighted by Gasteiger charge is -2.13. The fraction of sp³-hybridized carbons (Fsp3) is 0.214. The second-order valence-electron chi connectivity index (χ2n) is 4.54. The molecule has 1 aromatic heterocycles. The van der Waals surface area contributed by atoms with Crippen molar-refractivity contribution in [3.05, 3.63) is 52.4 Å². The van der Waals surface area contributed by atoms with Gasteiger partial charge in [0.25, 0.3) is 5.91 Å². The minimum Gasteiger partial charge on any atom is -0.463 e. The lowest BCUT2D eigenvalue weighted by atomic mass is 10.3. The van der Waals surface area contributed by atoms with Crippen molar-refractivity contribution >= 4 is 34.8 Å². The molecule has 1 atom stereocenters. The predicted molar refractivity (Wildman–Crippen MR) is 79.3 cm³/mol. The molecule has 1 unspecified atom stereocenters. The molecule has 1 amide bonds. The van der Waals surface area contributed by atoms with Crippen LogP contribution >= 0.6 is 23.2 Å². The predicted octanol–water partition coefficient (Wildman–Crippen LogP) is 2.24. The van der Waals surface area contributed by atoms with Gasteiger partial charge >= 0.3 is 0 Å². The van der Waals surface area contributed by atoms with Gasteiger partial charge in [0.2, 0.25) is 0 Å². The van der Waals surface area contributed by atoms with Crippen LogP contribution in [0.15, 0.2) is 41.0 Å². The summed E-state index contributed by atoms with van der Waals surface area (Å²) in [7, 11) is 1.92. The SMILES string of the molecule is C[NH+](CC(=O)Nc1cccc(Cl)c1Cl)Cc1ccco1. The zero-order valence-electron chi connectivity index (χ0n) is 11.0. The van der Waals surface area contributed by atoms with Crippen LogP contribution in [-0.2, 0) is 11.3 Å². The Morgan fingerprint density at radius 2 is 2.10 bits per heavy atom. The van der Waals surface area contributed by atoms with Crippen LogP contribution in [0, 0.1) is 0 Å². The smallest absolute Gasteiger partial charge is 0.279 e. The number of likely N-dealkylation sites (N-methyl/N-ethyl adjacent to an activating group) is 1. The fourth-order valence-corrected chi connectivity index (χ4v) is 2.19. The minimum absolute atomic E-state index is 0.127. The summed E-state index contributed by atoms with van der Waals surface area (Å²) < 4.78 is 5.25. The number of benzene rings is 1. The van der Waals surface area contributed by atoms with E-state index in [2.05, 4.69) is 5.32 Å². The monoisotopic (exact) mass is 313 g/mol. The van der Waals surface area contributed by atoms with E-state index in [1.165, 1.54) is 0 Å². The molecule has 1 aromatic carbocycles. The van der Waals surface area contributed by atoms with E-state index in [1.807, 2.05) is 19.2 Å². The number of hydrogen-bond acceptors (Lipinski definition) is 2. The summed E-state index contributed by atoms with van der Waals surface area (Å²) in [5.74, 6) is 0.717. The second kappa shape index (κ2) is 6.79. The molecule has 20 heavy (non-hydrogen) atoms. The summed E-state index contributed by atoms with van der Waals surface area (Å²) >= 11 is 11.9. The molecule has 0 saturated carbocycles. The number of amides is 1. The number of rotatable bonds is 5. The Morgan fingerprint density at radius 3 is 2.80 bits per heavy atom. The van der Waals surface area contributed by atoms with Crippen LogP contribution in [0.25, 0.3) is 0 Å². The lowest BCUT2D eigenvalue weighted by Crippen LogP contribution is -3.08. The summed E-state index contributed by atoms with van der Waals surface area (Å²) in [6, 6.07) is 8.84. The first-order valence-corrected chi connectivity index (χ1v) is 6.89. The van der Waals surface area contributed by atoms with Gasteiger partial charge in [0, 0.05) is 0 Å². The highest BCUT2D eigenvalue weighted by Crippen LogP contribution is 2.29. The molecule has 106 valence electrons. The highest BCUT2D eigenvalue weighted by atomic mass is 35.5. The van der Waals surface area contributed by atoms with Gasteiger partial charge in [0.05, 0.1) is 29.0 Å². The molecule has 0 spiro atoms. The molecule has 2 aromatic rings. The zero-order valence-corrected chi connectivity index (χ0v) is 12.5. The van der Waals surface area contributed by atoms with Crippen LogP contribution in [0.2, 0.25) is 10.0 Å². The van der Waals surface area contributed by atoms with E-state index in [0.29, 0.717) is 28.8 Å². The Hall–Kier alpha value is -1.49. The van der Waals surface area contributed by atoms with Crippen molar-refractivity contribution in [1.29, 1.82) is 0 Å². The number of anilines is 1. The Bertz CT molecular complexity index is 585. The summed E-state index contributed by atoms with van der Waals surface area (Å²) in [5, 5.41) is 3.53. The van der Waals surface area contributed by atoms with Gasteiger partial charge in [-0.25, -0.2) is 0 Å². The van der Waals surface area contributed by atoms with E-state index in [9.17, 15) is 4.79 Å². The third-order valence-electron chi connectivity index (χ3n) is 2.74. The van der Waals surface area contributed by atoms with E-state index in [-0.39, 0.29) is 5.91 Å². The lowest BCUT2D eigenvalue weighted by molar-refractivity contribution is -0.886. The van der Waals surface area contributed by atoms with Gasteiger partial charge in [0.1, 0.15) is 6.54 Å². The van der Waals surface area contributed by atoms with Gasteiger partial charge in [-0.15, -0.1) is 0 Å². The third kappa shape index (κ3) is 4.00. The van der Waals surface area contributed by atoms with Crippen LogP contribution in [-0.4, -0.2) is 19.5 Å². The molecule has 1 heterocycles. The van der Waals surface area contributed by atoms with Crippen LogP contribution in [0.3, 0.4) is 0 Å².